The summed E-state index contributed by atoms with van der Waals surface area (Å²) >= 11 is 11.6. The van der Waals surface area contributed by atoms with E-state index < -0.39 is 0 Å². The quantitative estimate of drug-likeness (QED) is 0.851. The van der Waals surface area contributed by atoms with Crippen LogP contribution in [0.15, 0.2) is 36.5 Å². The smallest absolute Gasteiger partial charge is 0.263 e. The van der Waals surface area contributed by atoms with Crippen LogP contribution in [0.5, 0.6) is 5.75 Å². The molecule has 0 aliphatic heterocycles. The summed E-state index contributed by atoms with van der Waals surface area (Å²) in [5, 5.41) is 3.19. The zero-order valence-corrected chi connectivity index (χ0v) is 11.8. The number of rotatable bonds is 4. The highest BCUT2D eigenvalue weighted by Gasteiger charge is 2.08. The molecule has 1 heterocycles. The second kappa shape index (κ2) is 6.45. The van der Waals surface area contributed by atoms with E-state index >= 15 is 0 Å². The minimum absolute atomic E-state index is 0.162. The molecule has 2 aromatic rings. The van der Waals surface area contributed by atoms with Gasteiger partial charge in [0.15, 0.2) is 12.4 Å². The first-order chi connectivity index (χ1) is 9.54. The Morgan fingerprint density at radius 1 is 1.30 bits per heavy atom. The summed E-state index contributed by atoms with van der Waals surface area (Å²) in [5.41, 5.74) is 6.17. The average Bonchev–Trinajstić information content (AvgIpc) is 2.41. The van der Waals surface area contributed by atoms with E-state index in [1.807, 2.05) is 0 Å². The molecule has 7 heteroatoms. The van der Waals surface area contributed by atoms with Crippen molar-refractivity contribution in [2.24, 2.45) is 0 Å². The number of carbonyl (C=O) groups excluding carboxylic acids is 1. The minimum Gasteiger partial charge on any atom is -0.484 e. The lowest BCUT2D eigenvalue weighted by atomic mass is 10.3. The minimum atomic E-state index is -0.376. The van der Waals surface area contributed by atoms with Crippen molar-refractivity contribution in [3.8, 4) is 5.75 Å². The third-order valence-corrected chi connectivity index (χ3v) is 2.81. The molecule has 1 aromatic carbocycles. The number of benzene rings is 1. The van der Waals surface area contributed by atoms with E-state index in [4.69, 9.17) is 33.7 Å². The van der Waals surface area contributed by atoms with Gasteiger partial charge in [-0.2, -0.15) is 0 Å². The molecule has 3 N–H and O–H groups in total. The normalized spacial score (nSPS) is 10.1. The molecule has 0 spiro atoms. The van der Waals surface area contributed by atoms with Gasteiger partial charge in [0.2, 0.25) is 0 Å². The standard InChI is InChI=1S/C13H11Cl2N3O2/c14-8-5-11(15)13(17-6-8)18-12(19)7-20-10-3-1-9(16)2-4-10/h1-6H,7,16H2,(H,17,18,19). The molecule has 0 saturated carbocycles. The van der Waals surface area contributed by atoms with Gasteiger partial charge in [-0.05, 0) is 30.3 Å². The number of nitrogens with two attached hydrogens (primary N) is 1. The van der Waals surface area contributed by atoms with E-state index in [1.165, 1.54) is 12.3 Å². The van der Waals surface area contributed by atoms with Gasteiger partial charge >= 0.3 is 0 Å². The molecule has 1 amide bonds. The van der Waals surface area contributed by atoms with Gasteiger partial charge in [0.1, 0.15) is 5.75 Å². The van der Waals surface area contributed by atoms with Crippen molar-refractivity contribution in [1.29, 1.82) is 0 Å². The number of amides is 1. The van der Waals surface area contributed by atoms with E-state index in [0.29, 0.717) is 16.5 Å². The highest BCUT2D eigenvalue weighted by atomic mass is 35.5. The van der Waals surface area contributed by atoms with Crippen molar-refractivity contribution in [3.63, 3.8) is 0 Å². The molecule has 0 aliphatic rings. The highest BCUT2D eigenvalue weighted by Crippen LogP contribution is 2.22. The topological polar surface area (TPSA) is 77.2 Å². The van der Waals surface area contributed by atoms with Gasteiger partial charge < -0.3 is 15.8 Å². The SMILES string of the molecule is Nc1ccc(OCC(=O)Nc2ncc(Cl)cc2Cl)cc1. The van der Waals surface area contributed by atoms with E-state index in [1.54, 1.807) is 24.3 Å². The Balaban J connectivity index is 1.90. The summed E-state index contributed by atoms with van der Waals surface area (Å²) in [6.45, 7) is -0.162. The summed E-state index contributed by atoms with van der Waals surface area (Å²) in [5.74, 6) is 0.407. The first-order valence-corrected chi connectivity index (χ1v) is 6.39. The number of halogens is 2. The summed E-state index contributed by atoms with van der Waals surface area (Å²) < 4.78 is 5.29. The molecule has 2 rings (SSSR count). The van der Waals surface area contributed by atoms with E-state index in [-0.39, 0.29) is 23.4 Å². The monoisotopic (exact) mass is 311 g/mol. The fourth-order valence-electron chi connectivity index (χ4n) is 1.39. The van der Waals surface area contributed by atoms with Gasteiger partial charge in [0, 0.05) is 11.9 Å². The predicted molar refractivity (Wildman–Crippen MR) is 79.2 cm³/mol. The van der Waals surface area contributed by atoms with Crippen molar-refractivity contribution in [2.75, 3.05) is 17.7 Å². The molecule has 0 fully saturated rings. The maximum atomic E-state index is 11.7. The number of ether oxygens (including phenoxy) is 1. The van der Waals surface area contributed by atoms with E-state index in [0.717, 1.165) is 0 Å². The fraction of sp³-hybridized carbons (Fsp3) is 0.0769. The number of nitrogens with zero attached hydrogens (tertiary/aromatic N) is 1. The molecule has 0 radical (unpaired) electrons. The van der Waals surface area contributed by atoms with Gasteiger partial charge in [-0.3, -0.25) is 4.79 Å². The lowest BCUT2D eigenvalue weighted by molar-refractivity contribution is -0.118. The third-order valence-electron chi connectivity index (χ3n) is 2.32. The first kappa shape index (κ1) is 14.4. The van der Waals surface area contributed by atoms with Crippen LogP contribution in [-0.4, -0.2) is 17.5 Å². The zero-order chi connectivity index (χ0) is 14.5. The van der Waals surface area contributed by atoms with Crippen LogP contribution < -0.4 is 15.8 Å². The molecule has 5 nitrogen and oxygen atoms in total. The van der Waals surface area contributed by atoms with Crippen molar-refractivity contribution in [3.05, 3.63) is 46.6 Å². The average molecular weight is 312 g/mol. The van der Waals surface area contributed by atoms with Gasteiger partial charge in [-0.1, -0.05) is 23.2 Å². The lowest BCUT2D eigenvalue weighted by Gasteiger charge is -2.08. The molecule has 0 unspecified atom stereocenters. The lowest BCUT2D eigenvalue weighted by Crippen LogP contribution is -2.21. The van der Waals surface area contributed by atoms with Gasteiger partial charge in [-0.25, -0.2) is 4.98 Å². The van der Waals surface area contributed by atoms with Crippen molar-refractivity contribution < 1.29 is 9.53 Å². The molecule has 1 aromatic heterocycles. The van der Waals surface area contributed by atoms with Crippen LogP contribution in [0, 0.1) is 0 Å². The molecular formula is C13H11Cl2N3O2. The Hall–Kier alpha value is -1.98. The number of nitrogens with one attached hydrogen (secondary N) is 1. The van der Waals surface area contributed by atoms with Crippen LogP contribution in [0.1, 0.15) is 0 Å². The molecule has 104 valence electrons. The number of hydrogen-bond donors (Lipinski definition) is 2. The van der Waals surface area contributed by atoms with Gasteiger partial charge in [0.05, 0.1) is 10.0 Å². The number of carbonyl (C=O) groups is 1. The largest absolute Gasteiger partial charge is 0.484 e. The number of anilines is 2. The summed E-state index contributed by atoms with van der Waals surface area (Å²) in [4.78, 5) is 15.6. The molecule has 0 atom stereocenters. The van der Waals surface area contributed by atoms with E-state index in [2.05, 4.69) is 10.3 Å². The molecule has 0 bridgehead atoms. The van der Waals surface area contributed by atoms with Gasteiger partial charge in [-0.15, -0.1) is 0 Å². The van der Waals surface area contributed by atoms with Crippen LogP contribution in [-0.2, 0) is 4.79 Å². The Bertz CT molecular complexity index is 618. The summed E-state index contributed by atoms with van der Waals surface area (Å²) in [6, 6.07) is 8.22. The Morgan fingerprint density at radius 2 is 2.00 bits per heavy atom. The van der Waals surface area contributed by atoms with Crippen LogP contribution in [0.2, 0.25) is 10.0 Å². The van der Waals surface area contributed by atoms with Crippen molar-refractivity contribution in [1.82, 2.24) is 4.98 Å². The predicted octanol–water partition coefficient (Wildman–Crippen LogP) is 2.99. The Morgan fingerprint density at radius 3 is 2.65 bits per heavy atom. The third kappa shape index (κ3) is 4.01. The number of hydrogen-bond acceptors (Lipinski definition) is 4. The molecule has 0 aliphatic carbocycles. The van der Waals surface area contributed by atoms with Gasteiger partial charge in [0.25, 0.3) is 5.91 Å². The molecule has 20 heavy (non-hydrogen) atoms. The fourth-order valence-corrected chi connectivity index (χ4v) is 1.81. The van der Waals surface area contributed by atoms with Crippen molar-refractivity contribution in [2.45, 2.75) is 0 Å². The Labute approximate surface area is 125 Å². The van der Waals surface area contributed by atoms with Crippen LogP contribution in [0.4, 0.5) is 11.5 Å². The maximum absolute atomic E-state index is 11.7. The number of aromatic nitrogens is 1. The first-order valence-electron chi connectivity index (χ1n) is 5.64. The Kier molecular flexibility index (Phi) is 4.65. The van der Waals surface area contributed by atoms with E-state index in [9.17, 15) is 4.79 Å². The molecule has 0 saturated heterocycles. The van der Waals surface area contributed by atoms with Crippen LogP contribution >= 0.6 is 23.2 Å². The second-order valence-electron chi connectivity index (χ2n) is 3.89. The zero-order valence-electron chi connectivity index (χ0n) is 10.3. The van der Waals surface area contributed by atoms with Crippen molar-refractivity contribution >= 4 is 40.6 Å². The second-order valence-corrected chi connectivity index (χ2v) is 4.73. The summed E-state index contributed by atoms with van der Waals surface area (Å²) in [6.07, 6.45) is 1.39. The maximum Gasteiger partial charge on any atom is 0.263 e. The highest BCUT2D eigenvalue weighted by molar-refractivity contribution is 6.36. The van der Waals surface area contributed by atoms with Crippen LogP contribution in [0.25, 0.3) is 0 Å². The molecular weight excluding hydrogens is 301 g/mol. The summed E-state index contributed by atoms with van der Waals surface area (Å²) in [7, 11) is 0. The van der Waals surface area contributed by atoms with Crippen LogP contribution in [0.3, 0.4) is 0 Å². The number of nitrogen functional groups attached to an aromatic ring is 1. The number of pyridine rings is 1.